The Bertz CT molecular complexity index is 883. The summed E-state index contributed by atoms with van der Waals surface area (Å²) in [6.45, 7) is 0. The van der Waals surface area contributed by atoms with Gasteiger partial charge in [-0.2, -0.15) is 0 Å². The maximum Gasteiger partial charge on any atom is 0.363 e. The minimum atomic E-state index is -0.480. The Labute approximate surface area is 152 Å². The molecule has 6 heteroatoms. The van der Waals surface area contributed by atoms with E-state index in [4.69, 9.17) is 14.2 Å². The van der Waals surface area contributed by atoms with Crippen molar-refractivity contribution in [3.05, 3.63) is 59.3 Å². The predicted molar refractivity (Wildman–Crippen MR) is 101 cm³/mol. The van der Waals surface area contributed by atoms with Gasteiger partial charge < -0.3 is 19.1 Å². The van der Waals surface area contributed by atoms with Crippen LogP contribution in [0.2, 0.25) is 0 Å². The first kappa shape index (κ1) is 17.5. The van der Waals surface area contributed by atoms with Gasteiger partial charge in [0.05, 0.1) is 14.2 Å². The molecule has 1 heterocycles. The number of carbonyl (C=O) groups excluding carboxylic acids is 1. The summed E-state index contributed by atoms with van der Waals surface area (Å²) in [6.07, 6.45) is 1.70. The molecule has 0 radical (unpaired) electrons. The van der Waals surface area contributed by atoms with Gasteiger partial charge >= 0.3 is 5.97 Å². The standard InChI is InChI=1S/C20H20N2O4/c1-22(2)15-8-5-13(6-9-15)11-16-20(23)26-19(21-16)14-7-10-17(24-3)18(12-14)25-4/h5-12H,1-4H3/b16-11-. The van der Waals surface area contributed by atoms with Crippen molar-refractivity contribution in [2.45, 2.75) is 0 Å². The smallest absolute Gasteiger partial charge is 0.363 e. The minimum absolute atomic E-state index is 0.243. The van der Waals surface area contributed by atoms with Crippen LogP contribution < -0.4 is 14.4 Å². The van der Waals surface area contributed by atoms with Gasteiger partial charge in [-0.3, -0.25) is 0 Å². The Morgan fingerprint density at radius 2 is 1.69 bits per heavy atom. The summed E-state index contributed by atoms with van der Waals surface area (Å²) in [4.78, 5) is 18.5. The van der Waals surface area contributed by atoms with Crippen LogP contribution in [0.5, 0.6) is 11.5 Å². The van der Waals surface area contributed by atoms with Crippen LogP contribution in [0.1, 0.15) is 11.1 Å². The van der Waals surface area contributed by atoms with Crippen LogP contribution in [-0.4, -0.2) is 40.2 Å². The Kier molecular flexibility index (Phi) is 4.93. The number of cyclic esters (lactones) is 1. The van der Waals surface area contributed by atoms with Gasteiger partial charge in [0.15, 0.2) is 17.2 Å². The molecule has 0 saturated carbocycles. The molecule has 0 amide bonds. The lowest BCUT2D eigenvalue weighted by molar-refractivity contribution is -0.129. The highest BCUT2D eigenvalue weighted by Gasteiger charge is 2.25. The van der Waals surface area contributed by atoms with E-state index in [0.29, 0.717) is 17.1 Å². The van der Waals surface area contributed by atoms with Gasteiger partial charge in [-0.15, -0.1) is 0 Å². The van der Waals surface area contributed by atoms with Crippen LogP contribution in [0.15, 0.2) is 53.2 Å². The lowest BCUT2D eigenvalue weighted by Gasteiger charge is -2.11. The first-order valence-corrected chi connectivity index (χ1v) is 8.04. The molecule has 2 aromatic rings. The van der Waals surface area contributed by atoms with Crippen molar-refractivity contribution in [3.8, 4) is 11.5 Å². The van der Waals surface area contributed by atoms with Crippen molar-refractivity contribution in [2.75, 3.05) is 33.2 Å². The van der Waals surface area contributed by atoms with Crippen molar-refractivity contribution < 1.29 is 19.0 Å². The van der Waals surface area contributed by atoms with E-state index in [0.717, 1.165) is 11.3 Å². The Morgan fingerprint density at radius 3 is 2.31 bits per heavy atom. The molecule has 0 spiro atoms. The van der Waals surface area contributed by atoms with E-state index in [1.807, 2.05) is 43.3 Å². The van der Waals surface area contributed by atoms with Gasteiger partial charge in [0.1, 0.15) is 0 Å². The molecule has 0 bridgehead atoms. The van der Waals surface area contributed by atoms with Gasteiger partial charge in [-0.05, 0) is 42.0 Å². The molecule has 0 unspecified atom stereocenters. The number of hydrogen-bond donors (Lipinski definition) is 0. The predicted octanol–water partition coefficient (Wildman–Crippen LogP) is 3.11. The number of ether oxygens (including phenoxy) is 3. The number of hydrogen-bond acceptors (Lipinski definition) is 6. The van der Waals surface area contributed by atoms with E-state index in [2.05, 4.69) is 4.99 Å². The third-order valence-electron chi connectivity index (χ3n) is 3.96. The summed E-state index contributed by atoms with van der Waals surface area (Å²) in [5.41, 5.74) is 2.85. The first-order chi connectivity index (χ1) is 12.5. The molecule has 3 rings (SSSR count). The topological polar surface area (TPSA) is 60.4 Å². The first-order valence-electron chi connectivity index (χ1n) is 8.04. The molecular formula is C20H20N2O4. The fourth-order valence-corrected chi connectivity index (χ4v) is 2.53. The van der Waals surface area contributed by atoms with Crippen molar-refractivity contribution in [1.82, 2.24) is 0 Å². The van der Waals surface area contributed by atoms with Crippen LogP contribution in [-0.2, 0) is 9.53 Å². The summed E-state index contributed by atoms with van der Waals surface area (Å²) in [5, 5.41) is 0. The molecule has 1 aliphatic rings. The second-order valence-electron chi connectivity index (χ2n) is 5.89. The highest BCUT2D eigenvalue weighted by molar-refractivity contribution is 6.13. The second kappa shape index (κ2) is 7.31. The molecule has 0 aliphatic carbocycles. The average Bonchev–Trinajstić information content (AvgIpc) is 3.02. The fourth-order valence-electron chi connectivity index (χ4n) is 2.53. The Morgan fingerprint density at radius 1 is 1.00 bits per heavy atom. The summed E-state index contributed by atoms with van der Waals surface area (Å²) in [6, 6.07) is 13.0. The van der Waals surface area contributed by atoms with Crippen LogP contribution in [0.25, 0.3) is 6.08 Å². The highest BCUT2D eigenvalue weighted by atomic mass is 16.6. The minimum Gasteiger partial charge on any atom is -0.493 e. The van der Waals surface area contributed by atoms with Gasteiger partial charge in [-0.1, -0.05) is 12.1 Å². The molecule has 0 saturated heterocycles. The van der Waals surface area contributed by atoms with E-state index in [-0.39, 0.29) is 11.6 Å². The van der Waals surface area contributed by atoms with E-state index >= 15 is 0 Å². The van der Waals surface area contributed by atoms with Crippen LogP contribution in [0, 0.1) is 0 Å². The zero-order valence-corrected chi connectivity index (χ0v) is 15.1. The van der Waals surface area contributed by atoms with Crippen molar-refractivity contribution in [1.29, 1.82) is 0 Å². The SMILES string of the molecule is COc1ccc(C2=N/C(=C\c3ccc(N(C)C)cc3)C(=O)O2)cc1OC. The zero-order chi connectivity index (χ0) is 18.7. The number of anilines is 1. The molecular weight excluding hydrogens is 332 g/mol. The Balaban J connectivity index is 1.89. The van der Waals surface area contributed by atoms with Gasteiger partial charge in [0, 0.05) is 25.3 Å². The third-order valence-corrected chi connectivity index (χ3v) is 3.96. The molecule has 6 nitrogen and oxygen atoms in total. The van der Waals surface area contributed by atoms with Crippen molar-refractivity contribution in [3.63, 3.8) is 0 Å². The quantitative estimate of drug-likeness (QED) is 0.611. The monoisotopic (exact) mass is 352 g/mol. The van der Waals surface area contributed by atoms with Crippen molar-refractivity contribution in [2.24, 2.45) is 4.99 Å². The second-order valence-corrected chi connectivity index (χ2v) is 5.89. The zero-order valence-electron chi connectivity index (χ0n) is 15.1. The van der Waals surface area contributed by atoms with E-state index in [9.17, 15) is 4.79 Å². The van der Waals surface area contributed by atoms with E-state index in [1.54, 1.807) is 38.5 Å². The van der Waals surface area contributed by atoms with Gasteiger partial charge in [0.2, 0.25) is 5.90 Å². The third kappa shape index (κ3) is 3.54. The number of methoxy groups -OCH3 is 2. The number of esters is 1. The lowest BCUT2D eigenvalue weighted by atomic mass is 10.1. The summed E-state index contributed by atoms with van der Waals surface area (Å²) >= 11 is 0. The van der Waals surface area contributed by atoms with Crippen LogP contribution >= 0.6 is 0 Å². The number of carbonyl (C=O) groups is 1. The fraction of sp³-hybridized carbons (Fsp3) is 0.200. The maximum absolute atomic E-state index is 12.1. The largest absolute Gasteiger partial charge is 0.493 e. The summed E-state index contributed by atoms with van der Waals surface area (Å²) in [7, 11) is 7.06. The van der Waals surface area contributed by atoms with E-state index < -0.39 is 5.97 Å². The maximum atomic E-state index is 12.1. The average molecular weight is 352 g/mol. The summed E-state index contributed by atoms with van der Waals surface area (Å²) < 4.78 is 15.8. The molecule has 26 heavy (non-hydrogen) atoms. The van der Waals surface area contributed by atoms with Gasteiger partial charge in [0.25, 0.3) is 0 Å². The lowest BCUT2D eigenvalue weighted by Crippen LogP contribution is -2.08. The van der Waals surface area contributed by atoms with Crippen LogP contribution in [0.4, 0.5) is 5.69 Å². The van der Waals surface area contributed by atoms with Gasteiger partial charge in [-0.25, -0.2) is 9.79 Å². The van der Waals surface area contributed by atoms with Crippen molar-refractivity contribution >= 4 is 23.6 Å². The summed E-state index contributed by atoms with van der Waals surface area (Å²) in [5.74, 6) is 0.900. The van der Waals surface area contributed by atoms with E-state index in [1.165, 1.54) is 0 Å². The normalized spacial score (nSPS) is 14.8. The number of rotatable bonds is 5. The molecule has 0 fully saturated rings. The molecule has 2 aromatic carbocycles. The number of benzene rings is 2. The molecule has 1 aliphatic heterocycles. The molecule has 0 aromatic heterocycles. The molecule has 0 N–H and O–H groups in total. The number of aliphatic imine (C=N–C) groups is 1. The molecule has 134 valence electrons. The van der Waals surface area contributed by atoms with Crippen LogP contribution in [0.3, 0.4) is 0 Å². The highest BCUT2D eigenvalue weighted by Crippen LogP contribution is 2.29. The number of nitrogens with zero attached hydrogens (tertiary/aromatic N) is 2. The molecule has 0 atom stereocenters. The Hall–Kier alpha value is -3.28.